The zero-order valence-electron chi connectivity index (χ0n) is 19.0. The van der Waals surface area contributed by atoms with Crippen molar-refractivity contribution in [1.82, 2.24) is 9.60 Å². The minimum absolute atomic E-state index is 0.0126. The van der Waals surface area contributed by atoms with E-state index >= 15 is 0 Å². The number of allylic oxidation sites excluding steroid dienone is 1. The Morgan fingerprint density at radius 2 is 1.36 bits per heavy atom. The molecule has 2 amide bonds. The minimum Gasteiger partial charge on any atom is -0.263 e. The number of halogens is 6. The molecule has 0 aromatic heterocycles. The van der Waals surface area contributed by atoms with Crippen molar-refractivity contribution in [2.45, 2.75) is 12.1 Å². The van der Waals surface area contributed by atoms with E-state index in [-0.39, 0.29) is 25.2 Å². The molecule has 0 aliphatic carbocycles. The summed E-state index contributed by atoms with van der Waals surface area (Å²) >= 11 is 17.7. The Bertz CT molecular complexity index is 1330. The lowest BCUT2D eigenvalue weighted by molar-refractivity contribution is -0.139. The van der Waals surface area contributed by atoms with Gasteiger partial charge in [-0.25, -0.2) is 0 Å². The van der Waals surface area contributed by atoms with Gasteiger partial charge < -0.3 is 0 Å². The third kappa shape index (κ3) is 4.76. The third-order valence-electron chi connectivity index (χ3n) is 6.00. The molecule has 3 aromatic rings. The molecule has 0 radical (unpaired) electrons. The second-order valence-electron chi connectivity index (χ2n) is 8.63. The quantitative estimate of drug-likeness (QED) is 0.183. The van der Waals surface area contributed by atoms with E-state index in [2.05, 4.69) is 0 Å². The van der Waals surface area contributed by atoms with Gasteiger partial charge in [0.15, 0.2) is 5.69 Å². The van der Waals surface area contributed by atoms with Gasteiger partial charge >= 0.3 is 18.0 Å². The Hall–Kier alpha value is -2.84. The lowest BCUT2D eigenvalue weighted by Crippen LogP contribution is -2.58. The zero-order chi connectivity index (χ0) is 26.4. The second-order valence-corrected chi connectivity index (χ2v) is 9.82. The van der Waals surface area contributed by atoms with Crippen LogP contribution < -0.4 is 4.59 Å². The molecule has 4 nitrogen and oxygen atoms in total. The van der Waals surface area contributed by atoms with E-state index in [1.165, 1.54) is 6.08 Å². The van der Waals surface area contributed by atoms with Gasteiger partial charge in [0.2, 0.25) is 0 Å². The largest absolute Gasteiger partial charge is 0.399 e. The van der Waals surface area contributed by atoms with Crippen LogP contribution in [0.5, 0.6) is 0 Å². The molecule has 1 unspecified atom stereocenters. The Morgan fingerprint density at radius 3 is 1.83 bits per heavy atom. The second kappa shape index (κ2) is 9.56. The van der Waals surface area contributed by atoms with Gasteiger partial charge in [-0.2, -0.15) is 17.8 Å². The van der Waals surface area contributed by atoms with E-state index in [9.17, 15) is 22.8 Å². The van der Waals surface area contributed by atoms with Gasteiger partial charge in [-0.05, 0) is 47.5 Å². The highest BCUT2D eigenvalue weighted by Crippen LogP contribution is 2.41. The fraction of sp³-hybridized carbons (Fsp3) is 0.154. The Morgan fingerprint density at radius 1 is 0.861 bits per heavy atom. The normalized spacial score (nSPS) is 15.1. The summed E-state index contributed by atoms with van der Waals surface area (Å²) in [5.41, 5.74) is 1.59. The number of rotatable bonds is 5. The van der Waals surface area contributed by atoms with Crippen molar-refractivity contribution in [3.05, 3.63) is 104 Å². The lowest BCUT2D eigenvalue weighted by atomic mass is 9.97. The first kappa shape index (κ1) is 26.2. The SMILES string of the molecule is C[N+](C)(c1ccc(/C=C/C(c2cc(Cl)c(Cl)c(Cl)c2)C(F)(F)F)cc1)N1C(=O)c2ccccc2C1=O. The lowest BCUT2D eigenvalue weighted by Gasteiger charge is -2.34. The number of carbonyl (C=O) groups excluding carboxylic acids is 2. The predicted molar refractivity (Wildman–Crippen MR) is 136 cm³/mol. The first-order valence-corrected chi connectivity index (χ1v) is 11.8. The number of benzene rings is 3. The highest BCUT2D eigenvalue weighted by Gasteiger charge is 2.46. The molecule has 0 saturated heterocycles. The minimum atomic E-state index is -4.60. The van der Waals surface area contributed by atoms with Gasteiger partial charge in [0.05, 0.1) is 46.2 Å². The van der Waals surface area contributed by atoms with E-state index in [0.717, 1.165) is 23.2 Å². The van der Waals surface area contributed by atoms with Crippen molar-refractivity contribution in [3.63, 3.8) is 0 Å². The van der Waals surface area contributed by atoms with E-state index in [1.807, 2.05) is 0 Å². The molecule has 1 aliphatic rings. The van der Waals surface area contributed by atoms with Gasteiger partial charge in [-0.1, -0.05) is 59.1 Å². The predicted octanol–water partition coefficient (Wildman–Crippen LogP) is 7.78. The van der Waals surface area contributed by atoms with Gasteiger partial charge in [-0.15, -0.1) is 5.01 Å². The number of carbonyl (C=O) groups is 2. The Labute approximate surface area is 220 Å². The number of hydrogen-bond donors (Lipinski definition) is 0. The van der Waals surface area contributed by atoms with E-state index in [0.29, 0.717) is 22.4 Å². The van der Waals surface area contributed by atoms with Crippen LogP contribution in [0.4, 0.5) is 18.9 Å². The topological polar surface area (TPSA) is 37.4 Å². The molecule has 0 N–H and O–H groups in total. The highest BCUT2D eigenvalue weighted by atomic mass is 35.5. The summed E-state index contributed by atoms with van der Waals surface area (Å²) in [7, 11) is 3.36. The molecule has 0 fully saturated rings. The zero-order valence-corrected chi connectivity index (χ0v) is 21.3. The monoisotopic (exact) mass is 553 g/mol. The van der Waals surface area contributed by atoms with Crippen molar-refractivity contribution >= 4 is 58.4 Å². The summed E-state index contributed by atoms with van der Waals surface area (Å²) in [6.07, 6.45) is -2.25. The van der Waals surface area contributed by atoms with Crippen LogP contribution in [0.3, 0.4) is 0 Å². The molecule has 1 aliphatic heterocycles. The van der Waals surface area contributed by atoms with Crippen LogP contribution in [0, 0.1) is 0 Å². The molecular weight excluding hydrogens is 536 g/mol. The maximum Gasteiger partial charge on any atom is 0.399 e. The smallest absolute Gasteiger partial charge is 0.263 e. The van der Waals surface area contributed by atoms with Gasteiger partial charge in [0.25, 0.3) is 0 Å². The average molecular weight is 555 g/mol. The Kier molecular flexibility index (Phi) is 6.96. The van der Waals surface area contributed by atoms with Gasteiger partial charge in [0.1, 0.15) is 0 Å². The van der Waals surface area contributed by atoms with Crippen molar-refractivity contribution in [1.29, 1.82) is 0 Å². The highest BCUT2D eigenvalue weighted by molar-refractivity contribution is 6.48. The first-order chi connectivity index (χ1) is 16.8. The number of imide groups is 1. The molecular formula is C26H19Cl3F3N2O2+. The van der Waals surface area contributed by atoms with Crippen molar-refractivity contribution in [3.8, 4) is 0 Å². The van der Waals surface area contributed by atoms with E-state index in [1.54, 1.807) is 62.6 Å². The summed E-state index contributed by atoms with van der Waals surface area (Å²) in [5.74, 6) is -2.80. The van der Waals surface area contributed by atoms with Crippen LogP contribution >= 0.6 is 34.8 Å². The maximum atomic E-state index is 13.8. The van der Waals surface area contributed by atoms with E-state index in [4.69, 9.17) is 34.8 Å². The van der Waals surface area contributed by atoms with E-state index < -0.39 is 23.9 Å². The van der Waals surface area contributed by atoms with Crippen LogP contribution in [0.1, 0.15) is 37.8 Å². The number of nitrogens with zero attached hydrogens (tertiary/aromatic N) is 2. The molecule has 10 heteroatoms. The molecule has 3 aromatic carbocycles. The summed E-state index contributed by atoms with van der Waals surface area (Å²) in [5, 5.41) is 0.989. The summed E-state index contributed by atoms with van der Waals surface area (Å²) in [6.45, 7) is 0. The fourth-order valence-corrected chi connectivity index (χ4v) is 4.68. The summed E-state index contributed by atoms with van der Waals surface area (Å²) < 4.78 is 41.2. The van der Waals surface area contributed by atoms with Crippen LogP contribution in [0.15, 0.2) is 66.7 Å². The van der Waals surface area contributed by atoms with Crippen LogP contribution in [-0.4, -0.2) is 37.1 Å². The van der Waals surface area contributed by atoms with Crippen molar-refractivity contribution < 1.29 is 22.8 Å². The van der Waals surface area contributed by atoms with Crippen LogP contribution in [0.25, 0.3) is 6.08 Å². The standard InChI is InChI=1S/C26H19Cl3F3N2O2/c1-34(2,33-24(35)18-5-3-4-6-19(18)25(33)36)17-10-7-15(8-11-17)9-12-20(26(30,31)32)16-13-21(27)23(29)22(28)14-16/h3-14,20H,1-2H3/q+1/b12-9+. The molecule has 4 rings (SSSR count). The molecule has 186 valence electrons. The number of quaternary nitrogens is 1. The fourth-order valence-electron chi connectivity index (χ4n) is 4.07. The third-order valence-corrected chi connectivity index (χ3v) is 7.19. The maximum absolute atomic E-state index is 13.8. The van der Waals surface area contributed by atoms with Gasteiger partial charge in [0, 0.05) is 12.1 Å². The molecule has 36 heavy (non-hydrogen) atoms. The first-order valence-electron chi connectivity index (χ1n) is 10.6. The van der Waals surface area contributed by atoms with Crippen LogP contribution in [0.2, 0.25) is 15.1 Å². The number of amides is 2. The van der Waals surface area contributed by atoms with Crippen molar-refractivity contribution in [2.24, 2.45) is 0 Å². The summed E-state index contributed by atoms with van der Waals surface area (Å²) in [6, 6.07) is 15.4. The van der Waals surface area contributed by atoms with Crippen molar-refractivity contribution in [2.75, 3.05) is 14.1 Å². The molecule has 1 atom stereocenters. The van der Waals surface area contributed by atoms with Gasteiger partial charge in [-0.3, -0.25) is 9.59 Å². The molecule has 1 heterocycles. The number of alkyl halides is 3. The molecule has 0 bridgehead atoms. The number of fused-ring (bicyclic) bond motifs is 1. The van der Waals surface area contributed by atoms with Crippen LogP contribution in [-0.2, 0) is 0 Å². The molecule has 0 spiro atoms. The Balaban J connectivity index is 1.60. The average Bonchev–Trinajstić information content (AvgIpc) is 3.07. The molecule has 0 saturated carbocycles. The number of hydrogen-bond acceptors (Lipinski definition) is 2. The summed E-state index contributed by atoms with van der Waals surface area (Å²) in [4.78, 5) is 25.8.